The average molecular weight is 391 g/mol. The number of pyridine rings is 1. The van der Waals surface area contributed by atoms with Crippen LogP contribution in [0.2, 0.25) is 0 Å². The third kappa shape index (κ3) is 4.29. The van der Waals surface area contributed by atoms with E-state index in [9.17, 15) is 0 Å². The molecule has 4 heterocycles. The highest BCUT2D eigenvalue weighted by molar-refractivity contribution is 5.59. The van der Waals surface area contributed by atoms with Crippen LogP contribution in [0.1, 0.15) is 24.1 Å². The summed E-state index contributed by atoms with van der Waals surface area (Å²) in [7, 11) is 1.57. The van der Waals surface area contributed by atoms with Gasteiger partial charge in [0, 0.05) is 24.2 Å². The molecule has 0 saturated carbocycles. The maximum absolute atomic E-state index is 5.77. The molecule has 0 fully saturated rings. The lowest BCUT2D eigenvalue weighted by atomic mass is 10.2. The minimum atomic E-state index is 0.186. The van der Waals surface area contributed by atoms with Crippen molar-refractivity contribution in [2.24, 2.45) is 0 Å². The first-order valence-electron chi connectivity index (χ1n) is 9.31. The van der Waals surface area contributed by atoms with Crippen molar-refractivity contribution in [3.63, 3.8) is 0 Å². The van der Waals surface area contributed by atoms with Gasteiger partial charge in [0.1, 0.15) is 29.6 Å². The van der Waals surface area contributed by atoms with E-state index in [0.717, 1.165) is 29.3 Å². The maximum Gasteiger partial charge on any atom is 0.317 e. The molecule has 0 saturated heterocycles. The Hall–Kier alpha value is -3.61. The molecule has 7 nitrogen and oxygen atoms in total. The smallest absolute Gasteiger partial charge is 0.317 e. The van der Waals surface area contributed by atoms with Crippen LogP contribution in [0, 0.1) is 6.92 Å². The van der Waals surface area contributed by atoms with Gasteiger partial charge in [-0.1, -0.05) is 6.92 Å². The van der Waals surface area contributed by atoms with Crippen molar-refractivity contribution in [3.8, 4) is 34.7 Å². The Bertz CT molecular complexity index is 1120. The summed E-state index contributed by atoms with van der Waals surface area (Å²) in [6.07, 6.45) is 2.47. The van der Waals surface area contributed by atoms with Crippen LogP contribution in [0.25, 0.3) is 22.8 Å². The molecule has 0 atom stereocenters. The highest BCUT2D eigenvalue weighted by Crippen LogP contribution is 2.26. The molecule has 0 spiro atoms. The number of hydrogen-bond acceptors (Lipinski definition) is 7. The lowest BCUT2D eigenvalue weighted by Crippen LogP contribution is -2.03. The molecular weight excluding hydrogens is 370 g/mol. The molecule has 0 aliphatic heterocycles. The van der Waals surface area contributed by atoms with Crippen LogP contribution in [0.5, 0.6) is 11.9 Å². The van der Waals surface area contributed by atoms with Gasteiger partial charge in [-0.05, 0) is 43.3 Å². The Kier molecular flexibility index (Phi) is 5.29. The van der Waals surface area contributed by atoms with Gasteiger partial charge in [0.2, 0.25) is 5.88 Å². The van der Waals surface area contributed by atoms with Crippen LogP contribution in [-0.4, -0.2) is 22.1 Å². The molecule has 0 amide bonds. The summed E-state index contributed by atoms with van der Waals surface area (Å²) in [5.74, 6) is 3.65. The van der Waals surface area contributed by atoms with Gasteiger partial charge in [-0.25, -0.2) is 9.97 Å². The zero-order valence-corrected chi connectivity index (χ0v) is 16.5. The zero-order chi connectivity index (χ0) is 20.2. The summed E-state index contributed by atoms with van der Waals surface area (Å²) in [5, 5.41) is 0. The normalized spacial score (nSPS) is 10.9. The molecule has 0 aromatic carbocycles. The third-order valence-electron chi connectivity index (χ3n) is 4.33. The van der Waals surface area contributed by atoms with Crippen molar-refractivity contribution in [1.82, 2.24) is 15.0 Å². The van der Waals surface area contributed by atoms with E-state index in [4.69, 9.17) is 18.3 Å². The zero-order valence-electron chi connectivity index (χ0n) is 16.5. The van der Waals surface area contributed by atoms with Crippen LogP contribution < -0.4 is 9.47 Å². The number of ether oxygens (including phenoxy) is 2. The second kappa shape index (κ2) is 8.18. The minimum absolute atomic E-state index is 0.186. The number of rotatable bonds is 7. The number of aryl methyl sites for hydroxylation is 2. The number of hydrogen-bond donors (Lipinski definition) is 0. The minimum Gasteiger partial charge on any atom is -0.481 e. The van der Waals surface area contributed by atoms with Gasteiger partial charge in [-0.3, -0.25) is 0 Å². The molecule has 7 heteroatoms. The Balaban J connectivity index is 1.53. The van der Waals surface area contributed by atoms with Gasteiger partial charge in [0.05, 0.1) is 12.8 Å². The Morgan fingerprint density at radius 3 is 2.55 bits per heavy atom. The topological polar surface area (TPSA) is 83.4 Å². The van der Waals surface area contributed by atoms with Gasteiger partial charge in [-0.15, -0.1) is 0 Å². The standard InChI is InChI=1S/C22H21N3O4/c1-4-17-6-8-20(29-17)18-9-10-23-22(25-18)27-13-16-11-15(12-21(24-16)26-3)19-7-5-14(2)28-19/h5-12H,4,13H2,1-3H3. The van der Waals surface area contributed by atoms with Crippen molar-refractivity contribution in [3.05, 3.63) is 65.9 Å². The van der Waals surface area contributed by atoms with Crippen molar-refractivity contribution in [1.29, 1.82) is 0 Å². The second-order valence-electron chi connectivity index (χ2n) is 6.43. The number of furan rings is 2. The number of nitrogens with zero attached hydrogens (tertiary/aromatic N) is 3. The quantitative estimate of drug-likeness (QED) is 0.445. The average Bonchev–Trinajstić information content (AvgIpc) is 3.41. The van der Waals surface area contributed by atoms with Crippen molar-refractivity contribution >= 4 is 0 Å². The molecule has 0 unspecified atom stereocenters. The summed E-state index contributed by atoms with van der Waals surface area (Å²) >= 11 is 0. The van der Waals surface area contributed by atoms with Gasteiger partial charge in [-0.2, -0.15) is 4.98 Å². The first-order valence-corrected chi connectivity index (χ1v) is 9.31. The van der Waals surface area contributed by atoms with E-state index >= 15 is 0 Å². The Labute approximate surface area is 168 Å². The first-order chi connectivity index (χ1) is 14.1. The second-order valence-corrected chi connectivity index (χ2v) is 6.43. The van der Waals surface area contributed by atoms with E-state index in [1.165, 1.54) is 0 Å². The van der Waals surface area contributed by atoms with Crippen LogP contribution in [0.4, 0.5) is 0 Å². The van der Waals surface area contributed by atoms with E-state index in [1.54, 1.807) is 19.4 Å². The van der Waals surface area contributed by atoms with Crippen molar-refractivity contribution < 1.29 is 18.3 Å². The van der Waals surface area contributed by atoms with Gasteiger partial charge < -0.3 is 18.3 Å². The molecule has 4 aromatic heterocycles. The predicted molar refractivity (Wildman–Crippen MR) is 107 cm³/mol. The predicted octanol–water partition coefficient (Wildman–Crippen LogP) is 4.85. The SMILES string of the molecule is CCc1ccc(-c2ccnc(OCc3cc(-c4ccc(C)o4)cc(OC)n3)n2)o1. The fraction of sp³-hybridized carbons (Fsp3) is 0.227. The van der Waals surface area contributed by atoms with Crippen LogP contribution in [0.15, 0.2) is 57.5 Å². The molecule has 4 rings (SSSR count). The molecule has 29 heavy (non-hydrogen) atoms. The highest BCUT2D eigenvalue weighted by atomic mass is 16.5. The largest absolute Gasteiger partial charge is 0.481 e. The molecule has 0 bridgehead atoms. The van der Waals surface area contributed by atoms with Crippen molar-refractivity contribution in [2.75, 3.05) is 7.11 Å². The molecule has 0 aliphatic rings. The molecule has 0 N–H and O–H groups in total. The van der Waals surface area contributed by atoms with E-state index < -0.39 is 0 Å². The van der Waals surface area contributed by atoms with Crippen LogP contribution in [0.3, 0.4) is 0 Å². The molecule has 0 aliphatic carbocycles. The van der Waals surface area contributed by atoms with Crippen LogP contribution >= 0.6 is 0 Å². The number of methoxy groups -OCH3 is 1. The van der Waals surface area contributed by atoms with Gasteiger partial charge >= 0.3 is 6.01 Å². The van der Waals surface area contributed by atoms with Crippen molar-refractivity contribution in [2.45, 2.75) is 26.9 Å². The molecular formula is C22H21N3O4. The summed E-state index contributed by atoms with van der Waals surface area (Å²) in [6.45, 7) is 4.13. The molecule has 0 radical (unpaired) electrons. The van der Waals surface area contributed by atoms with E-state index in [-0.39, 0.29) is 12.6 Å². The Morgan fingerprint density at radius 2 is 1.83 bits per heavy atom. The summed E-state index contributed by atoms with van der Waals surface area (Å²) in [5.41, 5.74) is 2.20. The fourth-order valence-electron chi connectivity index (χ4n) is 2.86. The van der Waals surface area contributed by atoms with Gasteiger partial charge in [0.15, 0.2) is 5.76 Å². The lowest BCUT2D eigenvalue weighted by molar-refractivity contribution is 0.274. The fourth-order valence-corrected chi connectivity index (χ4v) is 2.86. The Morgan fingerprint density at radius 1 is 0.966 bits per heavy atom. The summed E-state index contributed by atoms with van der Waals surface area (Å²) < 4.78 is 22.5. The monoisotopic (exact) mass is 391 g/mol. The number of aromatic nitrogens is 3. The van der Waals surface area contributed by atoms with E-state index in [0.29, 0.717) is 23.0 Å². The summed E-state index contributed by atoms with van der Waals surface area (Å²) in [6, 6.07) is 13.4. The highest BCUT2D eigenvalue weighted by Gasteiger charge is 2.11. The molecule has 148 valence electrons. The lowest BCUT2D eigenvalue weighted by Gasteiger charge is -2.08. The molecule has 4 aromatic rings. The third-order valence-corrected chi connectivity index (χ3v) is 4.33. The van der Waals surface area contributed by atoms with Gasteiger partial charge in [0.25, 0.3) is 0 Å². The van der Waals surface area contributed by atoms with E-state index in [1.807, 2.05) is 50.2 Å². The summed E-state index contributed by atoms with van der Waals surface area (Å²) in [4.78, 5) is 13.0. The first kappa shape index (κ1) is 18.7. The van der Waals surface area contributed by atoms with E-state index in [2.05, 4.69) is 15.0 Å². The van der Waals surface area contributed by atoms with Crippen LogP contribution in [-0.2, 0) is 13.0 Å². The maximum atomic E-state index is 5.77.